The van der Waals surface area contributed by atoms with Crippen molar-refractivity contribution in [2.75, 3.05) is 0 Å². The summed E-state index contributed by atoms with van der Waals surface area (Å²) in [5.41, 5.74) is 2.26. The predicted octanol–water partition coefficient (Wildman–Crippen LogP) is 3.37. The van der Waals surface area contributed by atoms with Gasteiger partial charge in [0.1, 0.15) is 0 Å². The molecule has 4 heterocycles. The lowest BCUT2D eigenvalue weighted by atomic mass is 10.0. The van der Waals surface area contributed by atoms with Crippen LogP contribution in [0.15, 0.2) is 18.3 Å². The first-order chi connectivity index (χ1) is 15.2. The van der Waals surface area contributed by atoms with E-state index in [1.807, 2.05) is 0 Å². The number of carbonyl (C=O) groups is 1. The number of rotatable bonds is 4. The molecule has 3 aromatic rings. The van der Waals surface area contributed by atoms with E-state index in [9.17, 15) is 22.4 Å². The number of hydrogen-bond donors (Lipinski definition) is 1. The van der Waals surface area contributed by atoms with Crippen LogP contribution in [0.4, 0.5) is 17.6 Å². The summed E-state index contributed by atoms with van der Waals surface area (Å²) in [6.07, 6.45) is -0.228. The monoisotopic (exact) mass is 449 g/mol. The Hall–Kier alpha value is -3.31. The molecule has 0 aromatic carbocycles. The third-order valence-corrected chi connectivity index (χ3v) is 5.70. The first-order valence-corrected chi connectivity index (χ1v) is 10.2. The van der Waals surface area contributed by atoms with Crippen LogP contribution >= 0.6 is 0 Å². The molecule has 0 radical (unpaired) electrons. The van der Waals surface area contributed by atoms with E-state index in [4.69, 9.17) is 0 Å². The van der Waals surface area contributed by atoms with Gasteiger partial charge in [0.15, 0.2) is 5.82 Å². The molecule has 1 N–H and O–H groups in total. The molecule has 12 heteroatoms. The molecule has 1 atom stereocenters. The van der Waals surface area contributed by atoms with Gasteiger partial charge in [-0.05, 0) is 37.8 Å². The summed E-state index contributed by atoms with van der Waals surface area (Å²) in [7, 11) is 1.23. The lowest BCUT2D eigenvalue weighted by molar-refractivity contribution is -0.144. The van der Waals surface area contributed by atoms with Crippen LogP contribution in [0, 0.1) is 5.82 Å². The molecule has 1 unspecified atom stereocenters. The summed E-state index contributed by atoms with van der Waals surface area (Å²) in [6.45, 7) is 0.589. The van der Waals surface area contributed by atoms with Crippen molar-refractivity contribution in [1.29, 1.82) is 0 Å². The quantitative estimate of drug-likeness (QED) is 0.617. The van der Waals surface area contributed by atoms with Gasteiger partial charge in [0.25, 0.3) is 11.7 Å². The van der Waals surface area contributed by atoms with Crippen molar-refractivity contribution in [1.82, 2.24) is 34.8 Å². The highest BCUT2D eigenvalue weighted by atomic mass is 19.4. The highest BCUT2D eigenvalue weighted by Gasteiger charge is 2.38. The first kappa shape index (κ1) is 20.6. The van der Waals surface area contributed by atoms with E-state index < -0.39 is 35.6 Å². The molecular weight excluding hydrogens is 430 g/mol. The summed E-state index contributed by atoms with van der Waals surface area (Å²) in [6, 6.07) is 2.92. The number of nitrogens with one attached hydrogen (secondary N) is 1. The second kappa shape index (κ2) is 7.38. The van der Waals surface area contributed by atoms with Crippen LogP contribution in [0.5, 0.6) is 0 Å². The fourth-order valence-corrected chi connectivity index (χ4v) is 3.94. The molecule has 5 rings (SSSR count). The molecule has 1 aliphatic carbocycles. The Bertz CT molecular complexity index is 1200. The number of fused-ring (bicyclic) bond motifs is 1. The Balaban J connectivity index is 1.41. The second-order valence-electron chi connectivity index (χ2n) is 8.09. The van der Waals surface area contributed by atoms with Gasteiger partial charge in [0.2, 0.25) is 5.82 Å². The molecule has 168 valence electrons. The number of pyridine rings is 1. The van der Waals surface area contributed by atoms with Crippen molar-refractivity contribution < 1.29 is 22.4 Å². The van der Waals surface area contributed by atoms with Gasteiger partial charge in [-0.3, -0.25) is 14.5 Å². The van der Waals surface area contributed by atoms with Gasteiger partial charge in [-0.1, -0.05) is 0 Å². The molecule has 0 bridgehead atoms. The highest BCUT2D eigenvalue weighted by molar-refractivity contribution is 5.91. The van der Waals surface area contributed by atoms with Crippen LogP contribution in [0.3, 0.4) is 0 Å². The molecule has 1 fully saturated rings. The van der Waals surface area contributed by atoms with Gasteiger partial charge in [0, 0.05) is 30.8 Å². The van der Waals surface area contributed by atoms with E-state index in [1.54, 1.807) is 16.8 Å². The van der Waals surface area contributed by atoms with Crippen molar-refractivity contribution in [3.8, 4) is 11.3 Å². The van der Waals surface area contributed by atoms with Gasteiger partial charge >= 0.3 is 6.18 Å². The largest absolute Gasteiger partial charge is 0.453 e. The van der Waals surface area contributed by atoms with E-state index in [0.717, 1.165) is 23.2 Å². The molecule has 3 aromatic heterocycles. The second-order valence-corrected chi connectivity index (χ2v) is 8.09. The van der Waals surface area contributed by atoms with Crippen LogP contribution in [-0.2, 0) is 19.8 Å². The average molecular weight is 449 g/mol. The number of carbonyl (C=O) groups excluding carboxylic acids is 1. The molecule has 8 nitrogen and oxygen atoms in total. The topological polar surface area (TPSA) is 90.5 Å². The summed E-state index contributed by atoms with van der Waals surface area (Å²) in [5, 5.41) is 10.5. The minimum absolute atomic E-state index is 0.344. The Morgan fingerprint density at radius 3 is 2.66 bits per heavy atom. The number of aryl methyl sites for hydroxylation is 2. The Labute approximate surface area is 179 Å². The summed E-state index contributed by atoms with van der Waals surface area (Å²) < 4.78 is 55.6. The molecular formula is C20H19F4N7O. The lowest BCUT2D eigenvalue weighted by Crippen LogP contribution is -2.34. The van der Waals surface area contributed by atoms with E-state index in [0.29, 0.717) is 42.3 Å². The van der Waals surface area contributed by atoms with E-state index >= 15 is 0 Å². The standard InChI is InChI=1S/C20H19F4N7O/c1-30-17(27-19(29-30)20(22,23)24)18(32)26-13-3-2-6-31-16(13)8-15(28-31)11-7-14(10-4-5-10)25-9-12(11)21/h7-10,13H,2-6H2,1H3,(H,26,32). The van der Waals surface area contributed by atoms with Crippen LogP contribution in [0.1, 0.15) is 65.5 Å². The first-order valence-electron chi connectivity index (χ1n) is 10.2. The minimum Gasteiger partial charge on any atom is -0.341 e. The lowest BCUT2D eigenvalue weighted by Gasteiger charge is -2.24. The van der Waals surface area contributed by atoms with Crippen LogP contribution in [-0.4, -0.2) is 35.4 Å². The van der Waals surface area contributed by atoms with Crippen LogP contribution in [0.25, 0.3) is 11.3 Å². The molecule has 1 saturated carbocycles. The molecule has 0 spiro atoms. The summed E-state index contributed by atoms with van der Waals surface area (Å²) >= 11 is 0. The van der Waals surface area contributed by atoms with Crippen molar-refractivity contribution in [3.05, 3.63) is 47.2 Å². The minimum atomic E-state index is -4.75. The zero-order chi connectivity index (χ0) is 22.6. The predicted molar refractivity (Wildman–Crippen MR) is 103 cm³/mol. The highest BCUT2D eigenvalue weighted by Crippen LogP contribution is 2.40. The Kier molecular flexibility index (Phi) is 4.75. The smallest absolute Gasteiger partial charge is 0.341 e. The maximum Gasteiger partial charge on any atom is 0.453 e. The summed E-state index contributed by atoms with van der Waals surface area (Å²) in [5.74, 6) is -2.72. The van der Waals surface area contributed by atoms with Gasteiger partial charge in [-0.15, -0.1) is 5.10 Å². The van der Waals surface area contributed by atoms with Gasteiger partial charge in [0.05, 0.1) is 23.6 Å². The number of alkyl halides is 3. The number of halogens is 4. The van der Waals surface area contributed by atoms with Gasteiger partial charge in [-0.25, -0.2) is 9.07 Å². The van der Waals surface area contributed by atoms with Crippen LogP contribution in [0.2, 0.25) is 0 Å². The van der Waals surface area contributed by atoms with Gasteiger partial charge in [-0.2, -0.15) is 23.3 Å². The number of aromatic nitrogens is 6. The maximum absolute atomic E-state index is 14.5. The zero-order valence-electron chi connectivity index (χ0n) is 17.0. The SMILES string of the molecule is Cn1nc(C(F)(F)F)nc1C(=O)NC1CCCn2nc(-c3cc(C4CC4)ncc3F)cc21. The summed E-state index contributed by atoms with van der Waals surface area (Å²) in [4.78, 5) is 20.1. The van der Waals surface area contributed by atoms with E-state index in [1.165, 1.54) is 13.2 Å². The van der Waals surface area contributed by atoms with E-state index in [-0.39, 0.29) is 0 Å². The van der Waals surface area contributed by atoms with Crippen molar-refractivity contribution >= 4 is 5.91 Å². The third-order valence-electron chi connectivity index (χ3n) is 5.70. The van der Waals surface area contributed by atoms with Gasteiger partial charge < -0.3 is 5.32 Å². The van der Waals surface area contributed by atoms with Crippen molar-refractivity contribution in [2.24, 2.45) is 7.05 Å². The zero-order valence-corrected chi connectivity index (χ0v) is 17.0. The van der Waals surface area contributed by atoms with Crippen molar-refractivity contribution in [2.45, 2.75) is 50.4 Å². The Morgan fingerprint density at radius 1 is 1.19 bits per heavy atom. The fraction of sp³-hybridized carbons (Fsp3) is 0.450. The molecule has 2 aliphatic rings. The fourth-order valence-electron chi connectivity index (χ4n) is 3.94. The van der Waals surface area contributed by atoms with Crippen molar-refractivity contribution in [3.63, 3.8) is 0 Å². The van der Waals surface area contributed by atoms with Crippen LogP contribution < -0.4 is 5.32 Å². The number of amides is 1. The molecule has 0 saturated heterocycles. The molecule has 1 amide bonds. The number of hydrogen-bond acceptors (Lipinski definition) is 5. The molecule has 1 aliphatic heterocycles. The average Bonchev–Trinajstić information content (AvgIpc) is 3.35. The Morgan fingerprint density at radius 2 is 1.97 bits per heavy atom. The normalized spacial score (nSPS) is 18.5. The molecule has 32 heavy (non-hydrogen) atoms. The van der Waals surface area contributed by atoms with E-state index in [2.05, 4.69) is 25.5 Å². The third kappa shape index (κ3) is 3.73. The number of nitrogens with zero attached hydrogens (tertiary/aromatic N) is 6. The maximum atomic E-state index is 14.5.